The summed E-state index contributed by atoms with van der Waals surface area (Å²) in [5.41, 5.74) is 6.25. The number of likely N-dealkylation sites (N-methyl/N-ethyl adjacent to an activating group) is 1. The second-order valence-corrected chi connectivity index (χ2v) is 3.71. The Labute approximate surface area is 100.0 Å². The summed E-state index contributed by atoms with van der Waals surface area (Å²) in [6, 6.07) is 3.72. The second kappa shape index (κ2) is 6.20. The molecule has 0 aliphatic carbocycles. The molecule has 1 atom stereocenters. The summed E-state index contributed by atoms with van der Waals surface area (Å²) in [4.78, 5) is 11.2. The summed E-state index contributed by atoms with van der Waals surface area (Å²) in [6.07, 6.45) is 0. The van der Waals surface area contributed by atoms with Crippen molar-refractivity contribution in [3.05, 3.63) is 29.6 Å². The molecule has 0 spiro atoms. The predicted octanol–water partition coefficient (Wildman–Crippen LogP) is 1.36. The van der Waals surface area contributed by atoms with Crippen LogP contribution in [-0.2, 0) is 4.79 Å². The molecular weight excluding hydrogens is 223 g/mol. The van der Waals surface area contributed by atoms with Gasteiger partial charge in [0.1, 0.15) is 11.6 Å². The minimum atomic E-state index is -0.373. The zero-order chi connectivity index (χ0) is 12.8. The molecule has 0 fully saturated rings. The van der Waals surface area contributed by atoms with Crippen LogP contribution in [0.25, 0.3) is 0 Å². The van der Waals surface area contributed by atoms with Crippen molar-refractivity contribution in [3.8, 4) is 5.75 Å². The van der Waals surface area contributed by atoms with Gasteiger partial charge in [-0.2, -0.15) is 0 Å². The summed E-state index contributed by atoms with van der Waals surface area (Å²) in [6.45, 7) is 4.00. The van der Waals surface area contributed by atoms with E-state index in [0.717, 1.165) is 0 Å². The van der Waals surface area contributed by atoms with Crippen LogP contribution in [0.1, 0.15) is 25.5 Å². The Kier molecular flexibility index (Phi) is 4.90. The summed E-state index contributed by atoms with van der Waals surface area (Å²) in [7, 11) is 0. The highest BCUT2D eigenvalue weighted by atomic mass is 19.1. The van der Waals surface area contributed by atoms with Crippen molar-refractivity contribution in [2.45, 2.75) is 19.9 Å². The van der Waals surface area contributed by atoms with Crippen molar-refractivity contribution >= 4 is 5.91 Å². The van der Waals surface area contributed by atoms with E-state index >= 15 is 0 Å². The summed E-state index contributed by atoms with van der Waals surface area (Å²) >= 11 is 0. The number of amides is 1. The van der Waals surface area contributed by atoms with Crippen molar-refractivity contribution in [1.29, 1.82) is 0 Å². The Hall–Kier alpha value is -1.62. The van der Waals surface area contributed by atoms with Gasteiger partial charge in [-0.15, -0.1) is 0 Å². The molecule has 94 valence electrons. The number of carbonyl (C=O) groups is 1. The standard InChI is InChI=1S/C12H17FN2O2/c1-3-15-12(16)7-17-11-5-4-9(13)6-10(11)8(2)14/h4-6,8H,3,7,14H2,1-2H3,(H,15,16). The maximum absolute atomic E-state index is 13.0. The lowest BCUT2D eigenvalue weighted by molar-refractivity contribution is -0.123. The van der Waals surface area contributed by atoms with E-state index in [1.54, 1.807) is 6.92 Å². The van der Waals surface area contributed by atoms with Crippen LogP contribution in [0.3, 0.4) is 0 Å². The lowest BCUT2D eigenvalue weighted by atomic mass is 10.1. The van der Waals surface area contributed by atoms with Gasteiger partial charge in [0.05, 0.1) is 0 Å². The third-order valence-corrected chi connectivity index (χ3v) is 2.20. The molecule has 1 aromatic rings. The maximum atomic E-state index is 13.0. The van der Waals surface area contributed by atoms with Gasteiger partial charge >= 0.3 is 0 Å². The third-order valence-electron chi connectivity index (χ3n) is 2.20. The quantitative estimate of drug-likeness (QED) is 0.816. The fourth-order valence-corrected chi connectivity index (χ4v) is 1.40. The number of hydrogen-bond acceptors (Lipinski definition) is 3. The van der Waals surface area contributed by atoms with Gasteiger partial charge in [-0.3, -0.25) is 4.79 Å². The van der Waals surface area contributed by atoms with Crippen molar-refractivity contribution in [3.63, 3.8) is 0 Å². The number of hydrogen-bond donors (Lipinski definition) is 2. The first-order valence-corrected chi connectivity index (χ1v) is 5.49. The van der Waals surface area contributed by atoms with Gasteiger partial charge in [0.2, 0.25) is 0 Å². The summed E-state index contributed by atoms with van der Waals surface area (Å²) in [5.74, 6) is -0.150. The third kappa shape index (κ3) is 4.03. The zero-order valence-electron chi connectivity index (χ0n) is 10.00. The largest absolute Gasteiger partial charge is 0.483 e. The Morgan fingerprint density at radius 1 is 1.59 bits per heavy atom. The minimum absolute atomic E-state index is 0.0980. The molecule has 0 aromatic heterocycles. The molecule has 0 heterocycles. The minimum Gasteiger partial charge on any atom is -0.483 e. The molecule has 0 saturated heterocycles. The first-order chi connectivity index (χ1) is 8.04. The highest BCUT2D eigenvalue weighted by Gasteiger charge is 2.10. The monoisotopic (exact) mass is 240 g/mol. The maximum Gasteiger partial charge on any atom is 0.257 e. The molecule has 0 saturated carbocycles. The molecule has 0 bridgehead atoms. The molecule has 1 rings (SSSR count). The van der Waals surface area contributed by atoms with Crippen LogP contribution in [0.2, 0.25) is 0 Å². The Morgan fingerprint density at radius 2 is 2.29 bits per heavy atom. The lowest BCUT2D eigenvalue weighted by Gasteiger charge is -2.13. The van der Waals surface area contributed by atoms with Crippen molar-refractivity contribution in [2.75, 3.05) is 13.2 Å². The number of carbonyl (C=O) groups excluding carboxylic acids is 1. The Bertz CT molecular complexity index is 394. The van der Waals surface area contributed by atoms with Gasteiger partial charge < -0.3 is 15.8 Å². The summed E-state index contributed by atoms with van der Waals surface area (Å²) < 4.78 is 18.3. The molecule has 0 aliphatic heterocycles. The van der Waals surface area contributed by atoms with E-state index in [2.05, 4.69) is 5.32 Å². The smallest absolute Gasteiger partial charge is 0.257 e. The second-order valence-electron chi connectivity index (χ2n) is 3.71. The first-order valence-electron chi connectivity index (χ1n) is 5.49. The van der Waals surface area contributed by atoms with E-state index in [0.29, 0.717) is 17.9 Å². The lowest BCUT2D eigenvalue weighted by Crippen LogP contribution is -2.28. The highest BCUT2D eigenvalue weighted by molar-refractivity contribution is 5.77. The fourth-order valence-electron chi connectivity index (χ4n) is 1.40. The number of halogens is 1. The fraction of sp³-hybridized carbons (Fsp3) is 0.417. The predicted molar refractivity (Wildman–Crippen MR) is 63.2 cm³/mol. The Morgan fingerprint density at radius 3 is 2.88 bits per heavy atom. The van der Waals surface area contributed by atoms with Gasteiger partial charge in [-0.1, -0.05) is 0 Å². The van der Waals surface area contributed by atoms with Crippen molar-refractivity contribution in [2.24, 2.45) is 5.73 Å². The number of ether oxygens (including phenoxy) is 1. The van der Waals surface area contributed by atoms with Crippen LogP contribution in [-0.4, -0.2) is 19.1 Å². The van der Waals surface area contributed by atoms with Crippen LogP contribution in [0.15, 0.2) is 18.2 Å². The van der Waals surface area contributed by atoms with Gasteiger partial charge in [0.25, 0.3) is 5.91 Å². The number of nitrogens with two attached hydrogens (primary N) is 1. The normalized spacial score (nSPS) is 12.0. The molecule has 1 aromatic carbocycles. The number of nitrogens with one attached hydrogen (secondary N) is 1. The SMILES string of the molecule is CCNC(=O)COc1ccc(F)cc1C(C)N. The van der Waals surface area contributed by atoms with Gasteiger partial charge in [0, 0.05) is 18.2 Å². The zero-order valence-corrected chi connectivity index (χ0v) is 10.00. The average molecular weight is 240 g/mol. The van der Waals surface area contributed by atoms with Crippen molar-refractivity contribution < 1.29 is 13.9 Å². The van der Waals surface area contributed by atoms with E-state index in [-0.39, 0.29) is 24.4 Å². The van der Waals surface area contributed by atoms with Crippen LogP contribution >= 0.6 is 0 Å². The van der Waals surface area contributed by atoms with Gasteiger partial charge in [-0.25, -0.2) is 4.39 Å². The highest BCUT2D eigenvalue weighted by Crippen LogP contribution is 2.24. The molecule has 1 amide bonds. The Balaban J connectivity index is 2.73. The molecule has 17 heavy (non-hydrogen) atoms. The molecular formula is C12H17FN2O2. The first kappa shape index (κ1) is 13.4. The van der Waals surface area contributed by atoms with Gasteiger partial charge in [0.15, 0.2) is 6.61 Å². The summed E-state index contributed by atoms with van der Waals surface area (Å²) in [5, 5.41) is 2.61. The number of benzene rings is 1. The molecule has 5 heteroatoms. The van der Waals surface area contributed by atoms with Crippen LogP contribution in [0, 0.1) is 5.82 Å². The van der Waals surface area contributed by atoms with Crippen LogP contribution in [0.5, 0.6) is 5.75 Å². The molecule has 0 aliphatic rings. The van der Waals surface area contributed by atoms with E-state index in [9.17, 15) is 9.18 Å². The molecule has 0 radical (unpaired) electrons. The van der Waals surface area contributed by atoms with E-state index in [4.69, 9.17) is 10.5 Å². The topological polar surface area (TPSA) is 64.3 Å². The van der Waals surface area contributed by atoms with Gasteiger partial charge in [-0.05, 0) is 32.0 Å². The van der Waals surface area contributed by atoms with Crippen LogP contribution < -0.4 is 15.8 Å². The van der Waals surface area contributed by atoms with Crippen molar-refractivity contribution in [1.82, 2.24) is 5.32 Å². The molecule has 4 nitrogen and oxygen atoms in total. The number of rotatable bonds is 5. The molecule has 3 N–H and O–H groups in total. The van der Waals surface area contributed by atoms with E-state index < -0.39 is 0 Å². The molecule has 1 unspecified atom stereocenters. The van der Waals surface area contributed by atoms with E-state index in [1.807, 2.05) is 6.92 Å². The van der Waals surface area contributed by atoms with E-state index in [1.165, 1.54) is 18.2 Å². The van der Waals surface area contributed by atoms with Crippen LogP contribution in [0.4, 0.5) is 4.39 Å². The average Bonchev–Trinajstić information content (AvgIpc) is 2.27.